The smallest absolute Gasteiger partial charge is 0.220 e. The van der Waals surface area contributed by atoms with Crippen LogP contribution in [0.25, 0.3) is 0 Å². The highest BCUT2D eigenvalue weighted by Gasteiger charge is 2.25. The molecule has 0 radical (unpaired) electrons. The van der Waals surface area contributed by atoms with Crippen molar-refractivity contribution in [2.45, 2.75) is 83.9 Å². The van der Waals surface area contributed by atoms with Crippen LogP contribution in [0.3, 0.4) is 0 Å². The number of carbonyl (C=O) groups is 2. The number of hydrogen-bond donors (Lipinski definition) is 3. The molecule has 5 nitrogen and oxygen atoms in total. The van der Waals surface area contributed by atoms with Crippen molar-refractivity contribution < 1.29 is 23.5 Å². The van der Waals surface area contributed by atoms with E-state index >= 15 is 0 Å². The Morgan fingerprint density at radius 3 is 2.25 bits per heavy atom. The number of nitrogens with one attached hydrogen (secondary N) is 2. The third-order valence-corrected chi connectivity index (χ3v) is 4.52. The largest absolute Gasteiger partial charge is 0.391 e. The highest BCUT2D eigenvalue weighted by molar-refractivity contribution is 5.76. The third-order valence-electron chi connectivity index (χ3n) is 4.52. The van der Waals surface area contributed by atoms with E-state index in [9.17, 15) is 23.5 Å². The molecule has 0 saturated carbocycles. The number of benzene rings is 1. The van der Waals surface area contributed by atoms with Gasteiger partial charge in [-0.15, -0.1) is 0 Å². The van der Waals surface area contributed by atoms with E-state index in [1.165, 1.54) is 19.1 Å². The van der Waals surface area contributed by atoms with Crippen LogP contribution < -0.4 is 10.6 Å². The second kappa shape index (κ2) is 12.4. The van der Waals surface area contributed by atoms with Gasteiger partial charge in [0.15, 0.2) is 0 Å². The van der Waals surface area contributed by atoms with Crippen molar-refractivity contribution in [2.24, 2.45) is 0 Å². The van der Waals surface area contributed by atoms with Gasteiger partial charge in [-0.05, 0) is 43.4 Å². The van der Waals surface area contributed by atoms with Gasteiger partial charge >= 0.3 is 0 Å². The Balaban J connectivity index is 2.83. The lowest BCUT2D eigenvalue weighted by molar-refractivity contribution is -0.123. The molecule has 1 rings (SSSR count). The maximum absolute atomic E-state index is 13.5. The summed E-state index contributed by atoms with van der Waals surface area (Å²) in [5.41, 5.74) is 0.342. The Morgan fingerprint density at radius 1 is 1.07 bits per heavy atom. The number of hydrogen-bond acceptors (Lipinski definition) is 3. The zero-order valence-electron chi connectivity index (χ0n) is 16.9. The summed E-state index contributed by atoms with van der Waals surface area (Å²) in [6.45, 7) is 5.31. The minimum absolute atomic E-state index is 0.0595. The molecule has 0 aliphatic heterocycles. The van der Waals surface area contributed by atoms with Crippen molar-refractivity contribution in [2.75, 3.05) is 0 Å². The topological polar surface area (TPSA) is 78.4 Å². The van der Waals surface area contributed by atoms with Crippen LogP contribution in [0.15, 0.2) is 18.2 Å². The van der Waals surface area contributed by atoms with Crippen LogP contribution in [0.2, 0.25) is 0 Å². The number of rotatable bonds is 12. The molecule has 3 atom stereocenters. The van der Waals surface area contributed by atoms with E-state index in [-0.39, 0.29) is 30.7 Å². The molecule has 0 fully saturated rings. The van der Waals surface area contributed by atoms with Gasteiger partial charge in [-0.25, -0.2) is 8.78 Å². The molecule has 0 bridgehead atoms. The molecule has 0 aliphatic carbocycles. The molecule has 7 heteroatoms. The van der Waals surface area contributed by atoms with Crippen molar-refractivity contribution in [3.8, 4) is 0 Å². The van der Waals surface area contributed by atoms with E-state index in [1.807, 2.05) is 13.8 Å². The van der Waals surface area contributed by atoms with Crippen molar-refractivity contribution in [3.05, 3.63) is 35.4 Å². The average molecular weight is 398 g/mol. The van der Waals surface area contributed by atoms with Gasteiger partial charge in [0.2, 0.25) is 11.8 Å². The van der Waals surface area contributed by atoms with Crippen LogP contribution >= 0.6 is 0 Å². The zero-order chi connectivity index (χ0) is 21.1. The Bertz CT molecular complexity index is 620. The molecule has 0 aliphatic rings. The highest BCUT2D eigenvalue weighted by atomic mass is 19.1. The monoisotopic (exact) mass is 398 g/mol. The second-order valence-corrected chi connectivity index (χ2v) is 7.25. The minimum Gasteiger partial charge on any atom is -0.391 e. The fourth-order valence-corrected chi connectivity index (χ4v) is 3.22. The molecule has 3 N–H and O–H groups in total. The van der Waals surface area contributed by atoms with Crippen LogP contribution in [0.1, 0.15) is 64.9 Å². The lowest BCUT2D eigenvalue weighted by Gasteiger charge is -2.28. The Kier molecular flexibility index (Phi) is 10.7. The molecule has 3 unspecified atom stereocenters. The lowest BCUT2D eigenvalue weighted by atomic mass is 9.94. The molecule has 1 aromatic rings. The summed E-state index contributed by atoms with van der Waals surface area (Å²) >= 11 is 0. The standard InChI is InChI=1S/C21H32F2N2O3/c1-4-6-8-21(28)25-18(7-5-2)13-20(27)19(24-14(3)26)11-15-9-16(22)12-17(23)10-15/h9-10,12,18-20,27H,4-8,11,13H2,1-3H3,(H,24,26)(H,25,28). The van der Waals surface area contributed by atoms with Crippen molar-refractivity contribution in [1.29, 1.82) is 0 Å². The van der Waals surface area contributed by atoms with E-state index in [1.54, 1.807) is 0 Å². The molecule has 28 heavy (non-hydrogen) atoms. The summed E-state index contributed by atoms with van der Waals surface area (Å²) in [6, 6.07) is 2.19. The average Bonchev–Trinajstić information content (AvgIpc) is 2.58. The summed E-state index contributed by atoms with van der Waals surface area (Å²) in [4.78, 5) is 23.6. The van der Waals surface area contributed by atoms with Crippen LogP contribution in [-0.2, 0) is 16.0 Å². The number of unbranched alkanes of at least 4 members (excludes halogenated alkanes) is 1. The summed E-state index contributed by atoms with van der Waals surface area (Å²) < 4.78 is 26.9. The van der Waals surface area contributed by atoms with Gasteiger partial charge < -0.3 is 15.7 Å². The van der Waals surface area contributed by atoms with E-state index < -0.39 is 23.8 Å². The van der Waals surface area contributed by atoms with E-state index in [4.69, 9.17) is 0 Å². The van der Waals surface area contributed by atoms with Gasteiger partial charge in [0.1, 0.15) is 11.6 Å². The molecule has 0 saturated heterocycles. The molecule has 0 aromatic heterocycles. The van der Waals surface area contributed by atoms with Gasteiger partial charge in [-0.3, -0.25) is 9.59 Å². The van der Waals surface area contributed by atoms with Gasteiger partial charge in [-0.1, -0.05) is 26.7 Å². The van der Waals surface area contributed by atoms with Crippen LogP contribution in [-0.4, -0.2) is 35.1 Å². The molecule has 2 amide bonds. The first-order chi connectivity index (χ1) is 13.2. The first-order valence-electron chi connectivity index (χ1n) is 9.94. The normalized spacial score (nSPS) is 14.2. The number of carbonyl (C=O) groups excluding carboxylic acids is 2. The lowest BCUT2D eigenvalue weighted by Crippen LogP contribution is -2.47. The molecule has 0 spiro atoms. The van der Waals surface area contributed by atoms with Crippen molar-refractivity contribution >= 4 is 11.8 Å². The van der Waals surface area contributed by atoms with Crippen LogP contribution in [0.5, 0.6) is 0 Å². The second-order valence-electron chi connectivity index (χ2n) is 7.25. The molecule has 0 heterocycles. The van der Waals surface area contributed by atoms with Gasteiger partial charge in [0.05, 0.1) is 12.1 Å². The van der Waals surface area contributed by atoms with E-state index in [0.29, 0.717) is 18.4 Å². The predicted octanol–water partition coefficient (Wildman–Crippen LogP) is 3.24. The molecular formula is C21H32F2N2O3. The molecule has 1 aromatic carbocycles. The number of halogens is 2. The SMILES string of the molecule is CCCCC(=O)NC(CCC)CC(O)C(Cc1cc(F)cc(F)c1)NC(C)=O. The van der Waals surface area contributed by atoms with Gasteiger partial charge in [0.25, 0.3) is 0 Å². The quantitative estimate of drug-likeness (QED) is 0.506. The maximum atomic E-state index is 13.5. The Hall–Kier alpha value is -2.02. The van der Waals surface area contributed by atoms with Crippen LogP contribution in [0, 0.1) is 11.6 Å². The summed E-state index contributed by atoms with van der Waals surface area (Å²) in [7, 11) is 0. The highest BCUT2D eigenvalue weighted by Crippen LogP contribution is 2.15. The first kappa shape index (κ1) is 24.0. The van der Waals surface area contributed by atoms with E-state index in [2.05, 4.69) is 10.6 Å². The number of amides is 2. The Morgan fingerprint density at radius 2 is 1.71 bits per heavy atom. The minimum atomic E-state index is -0.974. The van der Waals surface area contributed by atoms with E-state index in [0.717, 1.165) is 25.3 Å². The van der Waals surface area contributed by atoms with Crippen molar-refractivity contribution in [1.82, 2.24) is 10.6 Å². The van der Waals surface area contributed by atoms with Gasteiger partial charge in [0, 0.05) is 25.5 Å². The summed E-state index contributed by atoms with van der Waals surface area (Å²) in [6.07, 6.45) is 3.02. The fourth-order valence-electron chi connectivity index (χ4n) is 3.22. The van der Waals surface area contributed by atoms with Crippen molar-refractivity contribution in [3.63, 3.8) is 0 Å². The number of aliphatic hydroxyl groups excluding tert-OH is 1. The predicted molar refractivity (Wildman–Crippen MR) is 105 cm³/mol. The summed E-state index contributed by atoms with van der Waals surface area (Å²) in [5, 5.41) is 16.3. The number of aliphatic hydroxyl groups is 1. The molecule has 158 valence electrons. The zero-order valence-corrected chi connectivity index (χ0v) is 16.9. The third kappa shape index (κ3) is 9.26. The van der Waals surface area contributed by atoms with Gasteiger partial charge in [-0.2, -0.15) is 0 Å². The Labute approximate surface area is 165 Å². The molecular weight excluding hydrogens is 366 g/mol. The maximum Gasteiger partial charge on any atom is 0.220 e. The summed E-state index contributed by atoms with van der Waals surface area (Å²) in [5.74, 6) is -1.83. The first-order valence-corrected chi connectivity index (χ1v) is 9.94. The van der Waals surface area contributed by atoms with Crippen LogP contribution in [0.4, 0.5) is 8.78 Å². The fraction of sp³-hybridized carbons (Fsp3) is 0.619.